The van der Waals surface area contributed by atoms with Gasteiger partial charge in [-0.2, -0.15) is 5.26 Å². The van der Waals surface area contributed by atoms with Crippen molar-refractivity contribution in [1.29, 1.82) is 5.26 Å². The summed E-state index contributed by atoms with van der Waals surface area (Å²) in [5, 5.41) is 11.7. The normalized spacial score (nSPS) is 10.1. The van der Waals surface area contributed by atoms with E-state index in [9.17, 15) is 0 Å². The van der Waals surface area contributed by atoms with Crippen molar-refractivity contribution >= 4 is 11.3 Å². The molecular weight excluding hydrogens is 308 g/mol. The maximum absolute atomic E-state index is 8.77. The van der Waals surface area contributed by atoms with Crippen LogP contribution in [0.2, 0.25) is 0 Å². The zero-order valence-electron chi connectivity index (χ0n) is 12.5. The lowest BCUT2D eigenvalue weighted by Gasteiger charge is -2.03. The summed E-state index contributed by atoms with van der Waals surface area (Å²) in [5.41, 5.74) is 2.55. The molecule has 23 heavy (non-hydrogen) atoms. The Morgan fingerprint density at radius 1 is 1.04 bits per heavy atom. The summed E-state index contributed by atoms with van der Waals surface area (Å²) in [4.78, 5) is 4.59. The molecule has 0 aliphatic rings. The minimum Gasteiger partial charge on any atom is -0.497 e. The molecule has 0 atom stereocenters. The van der Waals surface area contributed by atoms with Crippen LogP contribution in [0.5, 0.6) is 11.5 Å². The van der Waals surface area contributed by atoms with E-state index < -0.39 is 0 Å². The molecule has 0 bridgehead atoms. The van der Waals surface area contributed by atoms with Gasteiger partial charge in [0.1, 0.15) is 23.1 Å². The van der Waals surface area contributed by atoms with E-state index in [-0.39, 0.29) is 0 Å². The second-order valence-corrected chi connectivity index (χ2v) is 5.66. The van der Waals surface area contributed by atoms with Gasteiger partial charge in [-0.05, 0) is 48.5 Å². The summed E-state index contributed by atoms with van der Waals surface area (Å²) in [6.45, 7) is 0.401. The first-order valence-electron chi connectivity index (χ1n) is 7.00. The average Bonchev–Trinajstić information content (AvgIpc) is 3.09. The van der Waals surface area contributed by atoms with Crippen molar-refractivity contribution in [3.8, 4) is 28.1 Å². The Labute approximate surface area is 138 Å². The number of hydrogen-bond acceptors (Lipinski definition) is 5. The van der Waals surface area contributed by atoms with Crippen LogP contribution < -0.4 is 9.47 Å². The summed E-state index contributed by atoms with van der Waals surface area (Å²) in [7, 11) is 1.65. The highest BCUT2D eigenvalue weighted by atomic mass is 32.1. The second kappa shape index (κ2) is 6.95. The molecule has 0 amide bonds. The van der Waals surface area contributed by atoms with E-state index in [0.29, 0.717) is 12.2 Å². The molecule has 3 aromatic rings. The van der Waals surface area contributed by atoms with Crippen LogP contribution in [-0.4, -0.2) is 12.1 Å². The summed E-state index contributed by atoms with van der Waals surface area (Å²) in [6, 6.07) is 16.9. The molecule has 0 spiro atoms. The fraction of sp³-hybridized carbons (Fsp3) is 0.111. The van der Waals surface area contributed by atoms with Gasteiger partial charge in [0.2, 0.25) is 0 Å². The lowest BCUT2D eigenvalue weighted by Crippen LogP contribution is -1.95. The fourth-order valence-corrected chi connectivity index (χ4v) is 2.83. The van der Waals surface area contributed by atoms with Crippen molar-refractivity contribution in [2.45, 2.75) is 6.61 Å². The fourth-order valence-electron chi connectivity index (χ4n) is 2.02. The highest BCUT2D eigenvalue weighted by molar-refractivity contribution is 7.13. The van der Waals surface area contributed by atoms with E-state index in [1.54, 1.807) is 42.7 Å². The zero-order chi connectivity index (χ0) is 16.1. The Morgan fingerprint density at radius 3 is 2.39 bits per heavy atom. The first kappa shape index (κ1) is 15.1. The predicted molar refractivity (Wildman–Crippen MR) is 89.6 cm³/mol. The Balaban J connectivity index is 1.65. The third-order valence-corrected chi connectivity index (χ3v) is 4.20. The summed E-state index contributed by atoms with van der Waals surface area (Å²) >= 11 is 1.58. The van der Waals surface area contributed by atoms with Gasteiger partial charge >= 0.3 is 0 Å². The van der Waals surface area contributed by atoms with Crippen molar-refractivity contribution in [3.63, 3.8) is 0 Å². The number of thiazole rings is 1. The highest BCUT2D eigenvalue weighted by Crippen LogP contribution is 2.26. The number of aromatic nitrogens is 1. The standard InChI is InChI=1S/C18H14N2O2S/c1-21-16-8-4-14(5-9-16)18-20-15(12-23-18)11-22-17-6-2-13(10-19)3-7-17/h2-9,12H,11H2,1H3. The maximum Gasteiger partial charge on any atom is 0.131 e. The van der Waals surface area contributed by atoms with Gasteiger partial charge in [-0.25, -0.2) is 4.98 Å². The van der Waals surface area contributed by atoms with Gasteiger partial charge in [-0.3, -0.25) is 0 Å². The van der Waals surface area contributed by atoms with Crippen molar-refractivity contribution < 1.29 is 9.47 Å². The lowest BCUT2D eigenvalue weighted by molar-refractivity contribution is 0.302. The number of methoxy groups -OCH3 is 1. The number of nitriles is 1. The third-order valence-electron chi connectivity index (χ3n) is 3.26. The number of nitrogens with zero attached hydrogens (tertiary/aromatic N) is 2. The molecule has 0 radical (unpaired) electrons. The molecule has 4 nitrogen and oxygen atoms in total. The largest absolute Gasteiger partial charge is 0.497 e. The molecule has 0 fully saturated rings. The van der Waals surface area contributed by atoms with Crippen LogP contribution in [-0.2, 0) is 6.61 Å². The van der Waals surface area contributed by atoms with Gasteiger partial charge in [0.15, 0.2) is 0 Å². The number of hydrogen-bond donors (Lipinski definition) is 0. The Morgan fingerprint density at radius 2 is 1.74 bits per heavy atom. The van der Waals surface area contributed by atoms with Gasteiger partial charge in [-0.15, -0.1) is 11.3 Å². The van der Waals surface area contributed by atoms with E-state index in [0.717, 1.165) is 27.8 Å². The van der Waals surface area contributed by atoms with Gasteiger partial charge < -0.3 is 9.47 Å². The maximum atomic E-state index is 8.77. The molecule has 114 valence electrons. The lowest BCUT2D eigenvalue weighted by atomic mass is 10.2. The Kier molecular flexibility index (Phi) is 4.55. The second-order valence-electron chi connectivity index (χ2n) is 4.80. The number of benzene rings is 2. The van der Waals surface area contributed by atoms with Gasteiger partial charge in [0.25, 0.3) is 0 Å². The van der Waals surface area contributed by atoms with E-state index in [2.05, 4.69) is 11.1 Å². The minimum atomic E-state index is 0.401. The van der Waals surface area contributed by atoms with Crippen LogP contribution in [0.4, 0.5) is 0 Å². The molecule has 0 N–H and O–H groups in total. The van der Waals surface area contributed by atoms with Crippen molar-refractivity contribution in [2.24, 2.45) is 0 Å². The monoisotopic (exact) mass is 322 g/mol. The van der Waals surface area contributed by atoms with Crippen LogP contribution in [0.1, 0.15) is 11.3 Å². The van der Waals surface area contributed by atoms with Crippen LogP contribution in [0, 0.1) is 11.3 Å². The van der Waals surface area contributed by atoms with Crippen LogP contribution in [0.25, 0.3) is 10.6 Å². The summed E-state index contributed by atoms with van der Waals surface area (Å²) < 4.78 is 10.8. The molecule has 0 saturated carbocycles. The average molecular weight is 322 g/mol. The molecule has 0 aliphatic heterocycles. The third kappa shape index (κ3) is 3.68. The van der Waals surface area contributed by atoms with Crippen molar-refractivity contribution in [3.05, 3.63) is 65.2 Å². The van der Waals surface area contributed by atoms with Crippen LogP contribution in [0.3, 0.4) is 0 Å². The molecule has 1 aromatic heterocycles. The van der Waals surface area contributed by atoms with E-state index >= 15 is 0 Å². The molecule has 3 rings (SSSR count). The quantitative estimate of drug-likeness (QED) is 0.704. The molecule has 1 heterocycles. The molecule has 0 saturated heterocycles. The van der Waals surface area contributed by atoms with Crippen LogP contribution in [0.15, 0.2) is 53.9 Å². The van der Waals surface area contributed by atoms with Crippen LogP contribution >= 0.6 is 11.3 Å². The Bertz CT molecular complexity index is 817. The van der Waals surface area contributed by atoms with E-state index in [1.165, 1.54) is 0 Å². The molecule has 0 aliphatic carbocycles. The summed E-state index contributed by atoms with van der Waals surface area (Å²) in [6.07, 6.45) is 0. The SMILES string of the molecule is COc1ccc(-c2nc(COc3ccc(C#N)cc3)cs2)cc1. The van der Waals surface area contributed by atoms with Gasteiger partial charge in [0.05, 0.1) is 24.4 Å². The highest BCUT2D eigenvalue weighted by Gasteiger charge is 2.06. The first-order valence-corrected chi connectivity index (χ1v) is 7.88. The zero-order valence-corrected chi connectivity index (χ0v) is 13.3. The minimum absolute atomic E-state index is 0.401. The number of ether oxygens (including phenoxy) is 2. The number of rotatable bonds is 5. The summed E-state index contributed by atoms with van der Waals surface area (Å²) in [5.74, 6) is 1.55. The van der Waals surface area contributed by atoms with Crippen molar-refractivity contribution in [2.75, 3.05) is 7.11 Å². The Hall–Kier alpha value is -2.84. The van der Waals surface area contributed by atoms with E-state index in [4.69, 9.17) is 14.7 Å². The topological polar surface area (TPSA) is 55.1 Å². The van der Waals surface area contributed by atoms with Gasteiger partial charge in [0, 0.05) is 10.9 Å². The predicted octanol–water partition coefficient (Wildman–Crippen LogP) is 4.27. The molecule has 2 aromatic carbocycles. The smallest absolute Gasteiger partial charge is 0.131 e. The molecular formula is C18H14N2O2S. The first-order chi connectivity index (χ1) is 11.3. The molecule has 0 unspecified atom stereocenters. The van der Waals surface area contributed by atoms with E-state index in [1.807, 2.05) is 29.6 Å². The van der Waals surface area contributed by atoms with Gasteiger partial charge in [-0.1, -0.05) is 0 Å². The molecule has 5 heteroatoms. The van der Waals surface area contributed by atoms with Crippen molar-refractivity contribution in [1.82, 2.24) is 4.98 Å².